The van der Waals surface area contributed by atoms with Gasteiger partial charge >= 0.3 is 0 Å². The number of carbonyl (C=O) groups is 2. The molecule has 0 atom stereocenters. The first-order chi connectivity index (χ1) is 16.9. The number of nitrogens with zero attached hydrogens (tertiary/aromatic N) is 1. The van der Waals surface area contributed by atoms with Gasteiger partial charge in [-0.05, 0) is 60.9 Å². The van der Waals surface area contributed by atoms with Crippen LogP contribution >= 0.6 is 0 Å². The Morgan fingerprint density at radius 3 is 2.11 bits per heavy atom. The lowest BCUT2D eigenvalue weighted by Crippen LogP contribution is -2.32. The van der Waals surface area contributed by atoms with Gasteiger partial charge in [-0.1, -0.05) is 49.2 Å². The zero-order valence-corrected chi connectivity index (χ0v) is 20.3. The molecule has 1 fully saturated rings. The van der Waals surface area contributed by atoms with E-state index in [1.165, 1.54) is 16.4 Å². The second kappa shape index (κ2) is 11.3. The Balaban J connectivity index is 1.41. The van der Waals surface area contributed by atoms with Gasteiger partial charge in [0.25, 0.3) is 11.8 Å². The zero-order chi connectivity index (χ0) is 24.7. The van der Waals surface area contributed by atoms with E-state index in [0.717, 1.165) is 31.2 Å². The van der Waals surface area contributed by atoms with Crippen molar-refractivity contribution >= 4 is 27.5 Å². The minimum atomic E-state index is -3.64. The quantitative estimate of drug-likeness (QED) is 0.511. The normalized spacial score (nSPS) is 14.6. The topological polar surface area (TPSA) is 95.6 Å². The number of sulfonamides is 1. The Labute approximate surface area is 206 Å². The maximum atomic E-state index is 13.1. The third-order valence-corrected chi connectivity index (χ3v) is 7.87. The van der Waals surface area contributed by atoms with Crippen LogP contribution in [-0.4, -0.2) is 37.6 Å². The highest BCUT2D eigenvalue weighted by atomic mass is 32.2. The molecule has 4 rings (SSSR count). The summed E-state index contributed by atoms with van der Waals surface area (Å²) in [6, 6.07) is 22.3. The Bertz CT molecular complexity index is 1280. The summed E-state index contributed by atoms with van der Waals surface area (Å²) in [7, 11) is -3.64. The van der Waals surface area contributed by atoms with E-state index in [9.17, 15) is 18.0 Å². The van der Waals surface area contributed by atoms with Gasteiger partial charge in [0.1, 0.15) is 0 Å². The van der Waals surface area contributed by atoms with Gasteiger partial charge in [0.05, 0.1) is 4.90 Å². The maximum Gasteiger partial charge on any atom is 0.255 e. The predicted molar refractivity (Wildman–Crippen MR) is 136 cm³/mol. The van der Waals surface area contributed by atoms with Crippen LogP contribution in [0.25, 0.3) is 0 Å². The van der Waals surface area contributed by atoms with Crippen molar-refractivity contribution in [2.75, 3.05) is 18.4 Å². The molecular formula is C27H29N3O4S. The number of benzene rings is 3. The van der Waals surface area contributed by atoms with Crippen LogP contribution in [0.2, 0.25) is 0 Å². The van der Waals surface area contributed by atoms with Crippen LogP contribution in [0.15, 0.2) is 83.8 Å². The summed E-state index contributed by atoms with van der Waals surface area (Å²) in [6.07, 6.45) is 3.76. The minimum absolute atomic E-state index is 0.131. The van der Waals surface area contributed by atoms with Crippen LogP contribution in [-0.2, 0) is 16.6 Å². The van der Waals surface area contributed by atoms with Gasteiger partial charge in [0, 0.05) is 36.4 Å². The van der Waals surface area contributed by atoms with Crippen LogP contribution in [0.4, 0.5) is 5.69 Å². The first-order valence-electron chi connectivity index (χ1n) is 11.8. The number of amides is 2. The van der Waals surface area contributed by atoms with Crippen LogP contribution < -0.4 is 10.6 Å². The Kier molecular flexibility index (Phi) is 7.94. The number of anilines is 1. The van der Waals surface area contributed by atoms with Gasteiger partial charge in [-0.2, -0.15) is 4.31 Å². The Hall–Kier alpha value is -3.49. The van der Waals surface area contributed by atoms with Gasteiger partial charge in [0.15, 0.2) is 0 Å². The molecule has 0 bridgehead atoms. The number of rotatable bonds is 7. The van der Waals surface area contributed by atoms with Crippen molar-refractivity contribution < 1.29 is 18.0 Å². The third kappa shape index (κ3) is 6.35. The molecule has 1 heterocycles. The summed E-state index contributed by atoms with van der Waals surface area (Å²) in [6.45, 7) is 1.22. The molecule has 1 saturated heterocycles. The molecule has 7 nitrogen and oxygen atoms in total. The van der Waals surface area contributed by atoms with E-state index >= 15 is 0 Å². The van der Waals surface area contributed by atoms with E-state index in [1.54, 1.807) is 30.3 Å². The molecule has 0 unspecified atom stereocenters. The van der Waals surface area contributed by atoms with E-state index < -0.39 is 10.0 Å². The molecule has 2 N–H and O–H groups in total. The van der Waals surface area contributed by atoms with Crippen molar-refractivity contribution in [3.63, 3.8) is 0 Å². The fraction of sp³-hybridized carbons (Fsp3) is 0.259. The van der Waals surface area contributed by atoms with E-state index in [0.29, 0.717) is 24.3 Å². The maximum absolute atomic E-state index is 13.1. The lowest BCUT2D eigenvalue weighted by Gasteiger charge is -2.20. The molecule has 0 spiro atoms. The second-order valence-corrected chi connectivity index (χ2v) is 10.5. The average molecular weight is 492 g/mol. The number of para-hydroxylation sites is 1. The summed E-state index contributed by atoms with van der Waals surface area (Å²) >= 11 is 0. The van der Waals surface area contributed by atoms with Crippen molar-refractivity contribution in [3.05, 3.63) is 95.6 Å². The van der Waals surface area contributed by atoms with Crippen molar-refractivity contribution in [1.29, 1.82) is 0 Å². The van der Waals surface area contributed by atoms with E-state index in [-0.39, 0.29) is 28.8 Å². The van der Waals surface area contributed by atoms with Gasteiger partial charge in [-0.15, -0.1) is 0 Å². The summed E-state index contributed by atoms with van der Waals surface area (Å²) in [5.41, 5.74) is 2.21. The van der Waals surface area contributed by atoms with Crippen molar-refractivity contribution in [3.8, 4) is 0 Å². The summed E-state index contributed by atoms with van der Waals surface area (Å²) < 4.78 is 27.7. The van der Waals surface area contributed by atoms with Crippen LogP contribution in [0, 0.1) is 0 Å². The molecule has 3 aromatic rings. The second-order valence-electron chi connectivity index (χ2n) is 8.55. The van der Waals surface area contributed by atoms with Gasteiger partial charge in [-0.3, -0.25) is 9.59 Å². The highest BCUT2D eigenvalue weighted by molar-refractivity contribution is 7.89. The molecule has 0 aliphatic carbocycles. The molecule has 0 aromatic heterocycles. The summed E-state index contributed by atoms with van der Waals surface area (Å²) in [5, 5.41) is 5.66. The lowest BCUT2D eigenvalue weighted by atomic mass is 10.1. The third-order valence-electron chi connectivity index (χ3n) is 5.97. The van der Waals surface area contributed by atoms with Gasteiger partial charge in [-0.25, -0.2) is 8.42 Å². The molecule has 0 radical (unpaired) electrons. The van der Waals surface area contributed by atoms with Gasteiger partial charge < -0.3 is 10.6 Å². The molecular weight excluding hydrogens is 462 g/mol. The molecule has 0 saturated carbocycles. The average Bonchev–Trinajstić information content (AvgIpc) is 3.18. The highest BCUT2D eigenvalue weighted by Crippen LogP contribution is 2.21. The number of hydrogen-bond acceptors (Lipinski definition) is 4. The summed E-state index contributed by atoms with van der Waals surface area (Å²) in [5.74, 6) is -0.618. The smallest absolute Gasteiger partial charge is 0.255 e. The van der Waals surface area contributed by atoms with E-state index in [4.69, 9.17) is 0 Å². The largest absolute Gasteiger partial charge is 0.348 e. The molecule has 3 aromatic carbocycles. The Morgan fingerprint density at radius 2 is 1.40 bits per heavy atom. The number of carbonyl (C=O) groups excluding carboxylic acids is 2. The Morgan fingerprint density at radius 1 is 0.743 bits per heavy atom. The van der Waals surface area contributed by atoms with Crippen molar-refractivity contribution in [2.24, 2.45) is 0 Å². The fourth-order valence-electron chi connectivity index (χ4n) is 4.06. The standard InChI is InChI=1S/C27H29N3O4S/c31-26(23-12-9-15-25(19-23)35(33,34)30-16-6-1-2-7-17-30)28-20-21-10-8-11-22(18-21)27(32)29-24-13-4-3-5-14-24/h3-5,8-15,18-19H,1-2,6-7,16-17,20H2,(H,28,31)(H,29,32). The lowest BCUT2D eigenvalue weighted by molar-refractivity contribution is 0.0950. The number of nitrogens with one attached hydrogen (secondary N) is 2. The van der Waals surface area contributed by atoms with Crippen molar-refractivity contribution in [2.45, 2.75) is 37.1 Å². The fourth-order valence-corrected chi connectivity index (χ4v) is 5.62. The molecule has 1 aliphatic heterocycles. The molecule has 182 valence electrons. The first kappa shape index (κ1) is 24.6. The monoisotopic (exact) mass is 491 g/mol. The zero-order valence-electron chi connectivity index (χ0n) is 19.4. The molecule has 1 aliphatic rings. The minimum Gasteiger partial charge on any atom is -0.348 e. The molecule has 8 heteroatoms. The SMILES string of the molecule is O=C(NCc1cccc(C(=O)Nc2ccccc2)c1)c1cccc(S(=O)(=O)N2CCCCCC2)c1. The molecule has 35 heavy (non-hydrogen) atoms. The van der Waals surface area contributed by atoms with Crippen molar-refractivity contribution in [1.82, 2.24) is 9.62 Å². The first-order valence-corrected chi connectivity index (χ1v) is 13.2. The van der Waals surface area contributed by atoms with Crippen LogP contribution in [0.1, 0.15) is 52.0 Å². The summed E-state index contributed by atoms with van der Waals surface area (Å²) in [4.78, 5) is 25.5. The van der Waals surface area contributed by atoms with Crippen LogP contribution in [0.5, 0.6) is 0 Å². The molecule has 2 amide bonds. The number of hydrogen-bond donors (Lipinski definition) is 2. The highest BCUT2D eigenvalue weighted by Gasteiger charge is 2.25. The van der Waals surface area contributed by atoms with Gasteiger partial charge in [0.2, 0.25) is 10.0 Å². The van der Waals surface area contributed by atoms with E-state index in [1.807, 2.05) is 36.4 Å². The van der Waals surface area contributed by atoms with Crippen LogP contribution in [0.3, 0.4) is 0 Å². The predicted octanol–water partition coefficient (Wildman–Crippen LogP) is 4.43. The van der Waals surface area contributed by atoms with E-state index in [2.05, 4.69) is 10.6 Å².